The van der Waals surface area contributed by atoms with E-state index in [0.29, 0.717) is 0 Å². The van der Waals surface area contributed by atoms with E-state index in [4.69, 9.17) is 20.4 Å². The molecule has 0 atom stereocenters. The minimum absolute atomic E-state index is 0. The van der Waals surface area contributed by atoms with Gasteiger partial charge in [-0.3, -0.25) is 0 Å². The van der Waals surface area contributed by atoms with Crippen LogP contribution in [0.1, 0.15) is 27.7 Å². The maximum absolute atomic E-state index is 9.60. The Bertz CT molecular complexity index is 402. The van der Waals surface area contributed by atoms with Crippen molar-refractivity contribution in [1.29, 1.82) is 0 Å². The predicted molar refractivity (Wildman–Crippen MR) is 112 cm³/mol. The van der Waals surface area contributed by atoms with Crippen LogP contribution in [0.15, 0.2) is 48.6 Å². The van der Waals surface area contributed by atoms with Gasteiger partial charge in [0.25, 0.3) is 0 Å². The van der Waals surface area contributed by atoms with E-state index in [0.717, 1.165) is 0 Å². The second-order valence-electron chi connectivity index (χ2n) is 4.34. The summed E-state index contributed by atoms with van der Waals surface area (Å²) >= 11 is 0. The summed E-state index contributed by atoms with van der Waals surface area (Å²) in [7, 11) is 0. The van der Waals surface area contributed by atoms with E-state index in [1.54, 1.807) is 0 Å². The van der Waals surface area contributed by atoms with Crippen LogP contribution < -0.4 is 0 Å². The Labute approximate surface area is 198 Å². The molecule has 0 aromatic heterocycles. The van der Waals surface area contributed by atoms with Crippen LogP contribution in [-0.2, 0) is 40.9 Å². The molecule has 0 aliphatic rings. The van der Waals surface area contributed by atoms with E-state index in [1.165, 1.54) is 27.7 Å². The van der Waals surface area contributed by atoms with E-state index in [2.05, 4.69) is 26.3 Å². The Balaban J connectivity index is -0.0000000303. The van der Waals surface area contributed by atoms with Gasteiger partial charge in [-0.05, 0) is 27.7 Å². The number of rotatable bonds is 4. The van der Waals surface area contributed by atoms with Crippen molar-refractivity contribution in [2.24, 2.45) is 0 Å². The van der Waals surface area contributed by atoms with Crippen LogP contribution in [-0.4, -0.2) is 44.3 Å². The quantitative estimate of drug-likeness (QED) is 0.335. The van der Waals surface area contributed by atoms with Gasteiger partial charge in [0.2, 0.25) is 0 Å². The van der Waals surface area contributed by atoms with Gasteiger partial charge in [0.15, 0.2) is 0 Å². The molecule has 0 aromatic rings. The average Bonchev–Trinajstić information content (AvgIpc) is 2.40. The maximum atomic E-state index is 9.60. The van der Waals surface area contributed by atoms with E-state index >= 15 is 0 Å². The van der Waals surface area contributed by atoms with Crippen LogP contribution in [0.4, 0.5) is 0 Å². The molecule has 12 heteroatoms. The first-order valence-electron chi connectivity index (χ1n) is 6.13. The van der Waals surface area contributed by atoms with Gasteiger partial charge < -0.3 is 20.4 Å². The first-order valence-corrected chi connectivity index (χ1v) is 6.13. The molecule has 0 heterocycles. The van der Waals surface area contributed by atoms with Crippen molar-refractivity contribution >= 4 is 61.1 Å². The molecule has 0 saturated heterocycles. The van der Waals surface area contributed by atoms with Crippen LogP contribution in [0.2, 0.25) is 0 Å². The second kappa shape index (κ2) is 30.2. The number of hydrogen-bond acceptors (Lipinski definition) is 4. The molecular weight excluding hydrogens is 474 g/mol. The number of carboxylic acid groups (broad SMARTS) is 4. The zero-order valence-corrected chi connectivity index (χ0v) is 20.0. The summed E-state index contributed by atoms with van der Waals surface area (Å²) in [6.45, 7) is 18.4. The fourth-order valence-electron chi connectivity index (χ4n) is 0. The van der Waals surface area contributed by atoms with Gasteiger partial charge in [0.05, 0.1) is 0 Å². The Kier molecular flexibility index (Phi) is 54.2. The molecule has 164 valence electrons. The Hall–Kier alpha value is -1.58. The first-order chi connectivity index (χ1) is 10.6. The number of hydrogen-bond donors (Lipinski definition) is 4. The number of carbonyl (C=O) groups is 4. The zero-order valence-electron chi connectivity index (χ0n) is 16.0. The standard InChI is InChI=1S/4C4H6O2.3ClH.Ti/c4*1-3(2)4(5)6;;;;/h4*1H2,2H3,(H,5,6);3*1H;. The second-order valence-corrected chi connectivity index (χ2v) is 4.34. The van der Waals surface area contributed by atoms with Gasteiger partial charge in [0.1, 0.15) is 0 Å². The third-order valence-electron chi connectivity index (χ3n) is 1.46. The topological polar surface area (TPSA) is 149 Å². The first kappa shape index (κ1) is 50.3. The average molecular weight is 502 g/mol. The normalized spacial score (nSPS) is 6.43. The van der Waals surface area contributed by atoms with E-state index < -0.39 is 23.9 Å². The van der Waals surface area contributed by atoms with Gasteiger partial charge in [-0.1, -0.05) is 26.3 Å². The van der Waals surface area contributed by atoms with Crippen LogP contribution >= 0.6 is 37.2 Å². The van der Waals surface area contributed by atoms with Crippen molar-refractivity contribution in [2.45, 2.75) is 27.7 Å². The third kappa shape index (κ3) is 64.4. The van der Waals surface area contributed by atoms with Crippen LogP contribution in [0.25, 0.3) is 0 Å². The van der Waals surface area contributed by atoms with Gasteiger partial charge in [-0.15, -0.1) is 37.2 Å². The molecule has 0 spiro atoms. The van der Waals surface area contributed by atoms with E-state index in [-0.39, 0.29) is 81.2 Å². The Morgan fingerprint density at radius 1 is 0.464 bits per heavy atom. The Morgan fingerprint density at radius 2 is 0.500 bits per heavy atom. The largest absolute Gasteiger partial charge is 0.478 e. The fraction of sp³-hybridized carbons (Fsp3) is 0.250. The molecule has 0 aliphatic carbocycles. The van der Waals surface area contributed by atoms with Crippen molar-refractivity contribution in [1.82, 2.24) is 0 Å². The van der Waals surface area contributed by atoms with E-state index in [1.807, 2.05) is 0 Å². The summed E-state index contributed by atoms with van der Waals surface area (Å²) in [5, 5.41) is 31.6. The predicted octanol–water partition coefficient (Wildman–Crippen LogP) is 3.85. The molecule has 28 heavy (non-hydrogen) atoms. The fourth-order valence-corrected chi connectivity index (χ4v) is 0. The number of aliphatic carboxylic acids is 4. The summed E-state index contributed by atoms with van der Waals surface area (Å²) in [4.78, 5) is 38.4. The van der Waals surface area contributed by atoms with Crippen LogP contribution in [0.5, 0.6) is 0 Å². The monoisotopic (exact) mass is 500 g/mol. The minimum atomic E-state index is -0.935. The zero-order chi connectivity index (χ0) is 20.6. The van der Waals surface area contributed by atoms with Crippen molar-refractivity contribution in [3.63, 3.8) is 0 Å². The summed E-state index contributed by atoms with van der Waals surface area (Å²) < 4.78 is 0. The summed E-state index contributed by atoms with van der Waals surface area (Å²) in [6.07, 6.45) is 0. The van der Waals surface area contributed by atoms with E-state index in [9.17, 15) is 19.2 Å². The Morgan fingerprint density at radius 3 is 0.500 bits per heavy atom. The van der Waals surface area contributed by atoms with Gasteiger partial charge >= 0.3 is 23.9 Å². The number of halogens is 3. The molecule has 0 amide bonds. The van der Waals surface area contributed by atoms with Crippen molar-refractivity contribution in [2.75, 3.05) is 0 Å². The van der Waals surface area contributed by atoms with Crippen LogP contribution in [0, 0.1) is 0 Å². The molecule has 8 nitrogen and oxygen atoms in total. The van der Waals surface area contributed by atoms with Gasteiger partial charge in [-0.25, -0.2) is 19.2 Å². The summed E-state index contributed by atoms with van der Waals surface area (Å²) in [6, 6.07) is 0. The van der Waals surface area contributed by atoms with Gasteiger partial charge in [0, 0.05) is 44.0 Å². The minimum Gasteiger partial charge on any atom is -0.478 e. The maximum Gasteiger partial charge on any atom is 0.330 e. The molecule has 0 radical (unpaired) electrons. The molecule has 0 rings (SSSR count). The van der Waals surface area contributed by atoms with Crippen molar-refractivity contribution in [3.8, 4) is 0 Å². The summed E-state index contributed by atoms with van der Waals surface area (Å²) in [5.41, 5.74) is 0.704. The molecular formula is C16H27Cl3O8Ti. The van der Waals surface area contributed by atoms with Crippen LogP contribution in [0.3, 0.4) is 0 Å². The molecule has 0 fully saturated rings. The summed E-state index contributed by atoms with van der Waals surface area (Å²) in [5.74, 6) is -3.74. The SMILES string of the molecule is C=C(C)C(=O)O.C=C(C)C(=O)O.C=C(C)C(=O)O.C=C(C)C(=O)O.Cl.Cl.Cl.[Ti]. The molecule has 0 bridgehead atoms. The molecule has 0 aromatic carbocycles. The molecule has 0 aliphatic heterocycles. The third-order valence-corrected chi connectivity index (χ3v) is 1.46. The molecule has 4 N–H and O–H groups in total. The van der Waals surface area contributed by atoms with Crippen molar-refractivity contribution < 1.29 is 61.3 Å². The molecule has 0 unspecified atom stereocenters. The number of carboxylic acids is 4. The van der Waals surface area contributed by atoms with Crippen molar-refractivity contribution in [3.05, 3.63) is 48.6 Å². The smallest absolute Gasteiger partial charge is 0.330 e. The molecule has 0 saturated carbocycles. The van der Waals surface area contributed by atoms with Gasteiger partial charge in [-0.2, -0.15) is 0 Å².